The third kappa shape index (κ3) is 31.7. The Kier molecular flexibility index (Phi) is 41.4. The molecular formula is C58H104O14. The molecule has 11 atom stereocenters. The number of aliphatic hydroxyl groups excluding tert-OH is 7. The Bertz CT molecular complexity index is 1370. The quantitative estimate of drug-likeness (QED) is 0.0172. The van der Waals surface area contributed by atoms with Crippen LogP contribution in [0.2, 0.25) is 0 Å². The van der Waals surface area contributed by atoms with Gasteiger partial charge in [0.05, 0.1) is 26.4 Å². The largest absolute Gasteiger partial charge is 0.457 e. The van der Waals surface area contributed by atoms with Crippen LogP contribution in [0.25, 0.3) is 0 Å². The van der Waals surface area contributed by atoms with Crippen molar-refractivity contribution in [3.8, 4) is 0 Å². The van der Waals surface area contributed by atoms with E-state index in [-0.39, 0.29) is 19.6 Å². The van der Waals surface area contributed by atoms with Gasteiger partial charge in [-0.25, -0.2) is 0 Å². The summed E-state index contributed by atoms with van der Waals surface area (Å²) in [4.78, 5) is 13.0. The molecule has 0 amide bonds. The van der Waals surface area contributed by atoms with Crippen LogP contribution in [0.3, 0.4) is 0 Å². The van der Waals surface area contributed by atoms with Gasteiger partial charge in [-0.05, 0) is 51.4 Å². The van der Waals surface area contributed by atoms with E-state index < -0.39 is 86.7 Å². The van der Waals surface area contributed by atoms with Crippen LogP contribution in [-0.2, 0) is 33.2 Å². The summed E-state index contributed by atoms with van der Waals surface area (Å²) in [5, 5.41) is 72.3. The molecule has 0 aliphatic carbocycles. The van der Waals surface area contributed by atoms with Gasteiger partial charge in [-0.15, -0.1) is 0 Å². The fraction of sp³-hybridized carbons (Fsp3) is 0.845. The van der Waals surface area contributed by atoms with Gasteiger partial charge < -0.3 is 64.2 Å². The van der Waals surface area contributed by atoms with Gasteiger partial charge in [-0.2, -0.15) is 0 Å². The summed E-state index contributed by atoms with van der Waals surface area (Å²) in [6, 6.07) is 0. The Morgan fingerprint density at radius 3 is 1.42 bits per heavy atom. The Labute approximate surface area is 435 Å². The molecule has 2 heterocycles. The van der Waals surface area contributed by atoms with Gasteiger partial charge in [-0.1, -0.05) is 204 Å². The van der Waals surface area contributed by atoms with Crippen molar-refractivity contribution in [2.45, 2.75) is 280 Å². The first-order valence-corrected chi connectivity index (χ1v) is 28.7. The average molecular weight is 1030 g/mol. The van der Waals surface area contributed by atoms with E-state index in [9.17, 15) is 40.5 Å². The Hall–Kier alpha value is -2.05. The molecule has 0 saturated carbocycles. The van der Waals surface area contributed by atoms with Crippen LogP contribution in [0.4, 0.5) is 0 Å². The molecule has 2 aliphatic heterocycles. The number of hydrogen-bond acceptors (Lipinski definition) is 14. The molecule has 0 aromatic rings. The molecule has 2 aliphatic rings. The minimum absolute atomic E-state index is 0.0530. The molecule has 0 spiro atoms. The summed E-state index contributed by atoms with van der Waals surface area (Å²) in [5.74, 6) is -0.397. The number of hydrogen-bond donors (Lipinski definition) is 7. The summed E-state index contributed by atoms with van der Waals surface area (Å²) in [7, 11) is 0. The van der Waals surface area contributed by atoms with Crippen LogP contribution in [0.1, 0.15) is 213 Å². The normalized spacial score (nSPS) is 25.5. The number of carbonyl (C=O) groups is 1. The molecule has 0 aromatic carbocycles. The summed E-state index contributed by atoms with van der Waals surface area (Å²) in [6.07, 6.45) is 37.5. The van der Waals surface area contributed by atoms with Gasteiger partial charge >= 0.3 is 5.97 Å². The molecule has 0 bridgehead atoms. The van der Waals surface area contributed by atoms with E-state index in [1.807, 2.05) is 0 Å². The fourth-order valence-corrected chi connectivity index (χ4v) is 8.98. The predicted octanol–water partition coefficient (Wildman–Crippen LogP) is 9.91. The maximum Gasteiger partial charge on any atom is 0.306 e. The van der Waals surface area contributed by atoms with Gasteiger partial charge in [-0.3, -0.25) is 4.79 Å². The number of ether oxygens (including phenoxy) is 6. The number of aliphatic hydroxyl groups is 7. The van der Waals surface area contributed by atoms with Crippen molar-refractivity contribution in [3.63, 3.8) is 0 Å². The lowest BCUT2D eigenvalue weighted by Crippen LogP contribution is -2.61. The van der Waals surface area contributed by atoms with Crippen molar-refractivity contribution >= 4 is 5.97 Å². The first-order chi connectivity index (χ1) is 35.1. The first kappa shape index (κ1) is 66.1. The monoisotopic (exact) mass is 1020 g/mol. The van der Waals surface area contributed by atoms with E-state index in [2.05, 4.69) is 62.5 Å². The third-order valence-corrected chi connectivity index (χ3v) is 13.6. The van der Waals surface area contributed by atoms with Crippen LogP contribution >= 0.6 is 0 Å². The minimum Gasteiger partial charge on any atom is -0.457 e. The molecule has 0 radical (unpaired) electrons. The zero-order valence-corrected chi connectivity index (χ0v) is 44.9. The Balaban J connectivity index is 1.72. The summed E-state index contributed by atoms with van der Waals surface area (Å²) < 4.78 is 34.4. The zero-order chi connectivity index (χ0) is 52.3. The maximum absolute atomic E-state index is 13.0. The van der Waals surface area contributed by atoms with Crippen LogP contribution in [0.15, 0.2) is 48.6 Å². The highest BCUT2D eigenvalue weighted by Crippen LogP contribution is 2.27. The second-order valence-electron chi connectivity index (χ2n) is 20.1. The summed E-state index contributed by atoms with van der Waals surface area (Å²) in [6.45, 7) is 3.57. The first-order valence-electron chi connectivity index (χ1n) is 28.7. The van der Waals surface area contributed by atoms with Crippen molar-refractivity contribution in [2.24, 2.45) is 0 Å². The number of allylic oxidation sites excluding steroid dienone is 8. The van der Waals surface area contributed by atoms with Gasteiger partial charge in [0.25, 0.3) is 0 Å². The van der Waals surface area contributed by atoms with Crippen molar-refractivity contribution in [1.82, 2.24) is 0 Å². The fourth-order valence-electron chi connectivity index (χ4n) is 8.98. The van der Waals surface area contributed by atoms with Crippen molar-refractivity contribution in [2.75, 3.05) is 33.0 Å². The zero-order valence-electron chi connectivity index (χ0n) is 44.9. The minimum atomic E-state index is -1.71. The van der Waals surface area contributed by atoms with Crippen LogP contribution in [0.5, 0.6) is 0 Å². The van der Waals surface area contributed by atoms with Crippen molar-refractivity contribution in [3.05, 3.63) is 48.6 Å². The second-order valence-corrected chi connectivity index (χ2v) is 20.1. The SMILES string of the molecule is CC/C=C\C/C=C\C/C=C\C/C=C\CCCCCCC(=O)OC(COCCCCCCCCCCCCCCCCCCCCCCC)COC1OC(COC2OC(CO)C(O)C(O)C2O)C(O)C(O)C1O. The molecule has 420 valence electrons. The van der Waals surface area contributed by atoms with E-state index in [4.69, 9.17) is 28.4 Å². The lowest BCUT2D eigenvalue weighted by molar-refractivity contribution is -0.332. The van der Waals surface area contributed by atoms with Crippen LogP contribution in [0, 0.1) is 0 Å². The van der Waals surface area contributed by atoms with Crippen LogP contribution < -0.4 is 0 Å². The van der Waals surface area contributed by atoms with Crippen LogP contribution in [-0.4, -0.2) is 142 Å². The van der Waals surface area contributed by atoms with E-state index in [0.717, 1.165) is 70.6 Å². The highest BCUT2D eigenvalue weighted by molar-refractivity contribution is 5.69. The number of carbonyl (C=O) groups excluding carboxylic acids is 1. The standard InChI is InChI=1S/C58H104O14/c1-3-5-7-9-11-13-15-17-19-21-22-23-24-26-28-30-32-34-36-38-40-42-67-44-47(70-50(60)41-39-37-35-33-31-29-27-25-20-18-16-14-12-10-8-6-4-2)45-68-57-56(66)54(64)52(62)49(72-57)46-69-58-55(65)53(63)51(61)48(43-59)71-58/h6,8,12,14,18,20,27,29,47-49,51-59,61-66H,3-5,7,9-11,13,15-17,19,21-26,28,30-46H2,1-2H3/b8-6-,14-12-,20-18-,29-27-. The average Bonchev–Trinajstić information content (AvgIpc) is 3.38. The second kappa shape index (κ2) is 45.2. The Morgan fingerprint density at radius 2 is 0.903 bits per heavy atom. The van der Waals surface area contributed by atoms with E-state index in [0.29, 0.717) is 13.0 Å². The number of esters is 1. The Morgan fingerprint density at radius 1 is 0.472 bits per heavy atom. The van der Waals surface area contributed by atoms with E-state index in [1.165, 1.54) is 116 Å². The summed E-state index contributed by atoms with van der Waals surface area (Å²) >= 11 is 0. The lowest BCUT2D eigenvalue weighted by Gasteiger charge is -2.42. The van der Waals surface area contributed by atoms with Gasteiger partial charge in [0, 0.05) is 13.0 Å². The molecule has 7 N–H and O–H groups in total. The summed E-state index contributed by atoms with van der Waals surface area (Å²) in [5.41, 5.74) is 0. The third-order valence-electron chi connectivity index (χ3n) is 13.6. The molecule has 72 heavy (non-hydrogen) atoms. The molecule has 11 unspecified atom stereocenters. The molecule has 0 aromatic heterocycles. The number of rotatable bonds is 46. The molecule has 14 heteroatoms. The molecule has 2 rings (SSSR count). The number of unbranched alkanes of at least 4 members (excludes halogenated alkanes) is 24. The smallest absolute Gasteiger partial charge is 0.306 e. The molecule has 2 fully saturated rings. The maximum atomic E-state index is 13.0. The molecular weight excluding hydrogens is 921 g/mol. The van der Waals surface area contributed by atoms with Gasteiger partial charge in [0.15, 0.2) is 12.6 Å². The van der Waals surface area contributed by atoms with E-state index >= 15 is 0 Å². The highest BCUT2D eigenvalue weighted by Gasteiger charge is 2.47. The van der Waals surface area contributed by atoms with Gasteiger partial charge in [0.1, 0.15) is 54.9 Å². The van der Waals surface area contributed by atoms with Gasteiger partial charge in [0.2, 0.25) is 0 Å². The van der Waals surface area contributed by atoms with E-state index in [1.54, 1.807) is 0 Å². The lowest BCUT2D eigenvalue weighted by atomic mass is 9.98. The molecule has 2 saturated heterocycles. The highest BCUT2D eigenvalue weighted by atomic mass is 16.7. The van der Waals surface area contributed by atoms with Crippen molar-refractivity contribution < 1.29 is 69.0 Å². The predicted molar refractivity (Wildman–Crippen MR) is 284 cm³/mol. The topological polar surface area (TPSA) is 214 Å². The molecule has 14 nitrogen and oxygen atoms in total. The van der Waals surface area contributed by atoms with Crippen molar-refractivity contribution in [1.29, 1.82) is 0 Å².